The molecule has 1 saturated carbocycles. The van der Waals surface area contributed by atoms with E-state index in [0.29, 0.717) is 75.6 Å². The Hall–Kier alpha value is -7.14. The maximum atomic E-state index is 16.7. The first kappa shape index (κ1) is 43.7. The van der Waals surface area contributed by atoms with E-state index in [1.807, 2.05) is 47.4 Å². The van der Waals surface area contributed by atoms with E-state index in [0.717, 1.165) is 24.8 Å². The van der Waals surface area contributed by atoms with E-state index in [1.165, 1.54) is 27.4 Å². The molecule has 6 aromatic rings. The molecule has 2 saturated heterocycles. The molecule has 67 heavy (non-hydrogen) atoms. The van der Waals surface area contributed by atoms with Crippen LogP contribution >= 0.6 is 0 Å². The molecule has 346 valence electrons. The van der Waals surface area contributed by atoms with Crippen LogP contribution in [0.1, 0.15) is 85.5 Å². The molecule has 0 radical (unpaired) electrons. The highest BCUT2D eigenvalue weighted by Crippen LogP contribution is 2.53. The number of aromatic amines is 2. The summed E-state index contributed by atoms with van der Waals surface area (Å²) in [5, 5.41) is 5.32. The quantitative estimate of drug-likeness (QED) is 0.0993. The number of amides is 4. The number of carbonyl (C=O) groups excluding carboxylic acids is 4. The molecule has 0 spiro atoms. The number of hydrogen-bond donors (Lipinski definition) is 4. The van der Waals surface area contributed by atoms with Crippen LogP contribution < -0.4 is 10.6 Å². The molecule has 4 N–H and O–H groups in total. The Morgan fingerprint density at radius 2 is 1.48 bits per heavy atom. The maximum Gasteiger partial charge on any atom is 0.407 e. The molecule has 4 aromatic carbocycles. The molecular formula is C50H50F2N8O7. The van der Waals surface area contributed by atoms with E-state index in [4.69, 9.17) is 24.2 Å². The molecule has 2 bridgehead atoms. The molecule has 3 fully saturated rings. The molecule has 4 aliphatic rings. The number of alkyl halides is 2. The Morgan fingerprint density at radius 3 is 2.21 bits per heavy atom. The molecule has 15 nitrogen and oxygen atoms in total. The van der Waals surface area contributed by atoms with Crippen molar-refractivity contribution in [1.82, 2.24) is 40.4 Å². The predicted octanol–water partition coefficient (Wildman–Crippen LogP) is 8.31. The second kappa shape index (κ2) is 17.3. The highest BCUT2D eigenvalue weighted by molar-refractivity contribution is 5.90. The zero-order valence-corrected chi connectivity index (χ0v) is 37.3. The highest BCUT2D eigenvalue weighted by Gasteiger charge is 2.52. The Labute approximate surface area is 384 Å². The second-order valence-corrected chi connectivity index (χ2v) is 17.8. The van der Waals surface area contributed by atoms with Crippen molar-refractivity contribution in [3.05, 3.63) is 119 Å². The number of piperidine rings is 1. The number of alkyl carbamates (subject to hydrolysis) is 2. The number of halogens is 2. The molecule has 17 heteroatoms. The number of methoxy groups -OCH3 is 3. The Balaban J connectivity index is 0.890. The number of benzene rings is 4. The van der Waals surface area contributed by atoms with E-state index < -0.39 is 42.3 Å². The number of fused-ring (bicyclic) bond motifs is 6. The van der Waals surface area contributed by atoms with Gasteiger partial charge in [-0.05, 0) is 97.0 Å². The van der Waals surface area contributed by atoms with Crippen LogP contribution in [0.15, 0.2) is 91.1 Å². The van der Waals surface area contributed by atoms with E-state index in [2.05, 4.69) is 20.6 Å². The van der Waals surface area contributed by atoms with Gasteiger partial charge in [0.05, 0.1) is 49.1 Å². The van der Waals surface area contributed by atoms with Crippen LogP contribution in [0.5, 0.6) is 0 Å². The molecule has 4 amide bonds. The van der Waals surface area contributed by atoms with Gasteiger partial charge in [0.15, 0.2) is 0 Å². The van der Waals surface area contributed by atoms with Crippen molar-refractivity contribution in [2.75, 3.05) is 27.9 Å². The fraction of sp³-hybridized carbons (Fsp3) is 0.360. The predicted molar refractivity (Wildman–Crippen MR) is 242 cm³/mol. The number of nitrogens with zero attached hydrogens (tertiary/aromatic N) is 4. The van der Waals surface area contributed by atoms with Crippen LogP contribution in [0.2, 0.25) is 0 Å². The Morgan fingerprint density at radius 1 is 0.791 bits per heavy atom. The molecule has 10 rings (SSSR count). The van der Waals surface area contributed by atoms with E-state index >= 15 is 8.78 Å². The SMILES string of the molecule is COC(=O)NC(C(=O)N1CCCC1c1nc(-c2ccc3c(c2)C(F)(F)c2cc(-c4ccc5nc([C@@H]6[C@H]7CC[C@H](C7)N6C(=O)[C@H](NC(=O)OC)c6ccccc6)[nH]c5c4)ccc2-3)c[nH]1)[C@@H](C)OC. The first-order valence-corrected chi connectivity index (χ1v) is 22.5. The van der Waals surface area contributed by atoms with Crippen molar-refractivity contribution in [2.24, 2.45) is 5.92 Å². The summed E-state index contributed by atoms with van der Waals surface area (Å²) in [6, 6.07) is 22.1. The third kappa shape index (κ3) is 7.64. The van der Waals surface area contributed by atoms with E-state index in [1.54, 1.807) is 54.4 Å². The van der Waals surface area contributed by atoms with Crippen molar-refractivity contribution in [1.29, 1.82) is 0 Å². The summed E-state index contributed by atoms with van der Waals surface area (Å²) in [5.74, 6) is -2.57. The van der Waals surface area contributed by atoms with Gasteiger partial charge in [-0.1, -0.05) is 60.7 Å². The summed E-state index contributed by atoms with van der Waals surface area (Å²) >= 11 is 0. The van der Waals surface area contributed by atoms with Gasteiger partial charge in [0.1, 0.15) is 23.7 Å². The van der Waals surface area contributed by atoms with E-state index in [9.17, 15) is 19.2 Å². The van der Waals surface area contributed by atoms with Crippen LogP contribution in [0.3, 0.4) is 0 Å². The normalized spacial score (nSPS) is 21.4. The lowest BCUT2D eigenvalue weighted by molar-refractivity contribution is -0.138. The summed E-state index contributed by atoms with van der Waals surface area (Å²) in [6.45, 7) is 2.12. The number of aromatic nitrogens is 4. The van der Waals surface area contributed by atoms with Gasteiger partial charge >= 0.3 is 12.2 Å². The largest absolute Gasteiger partial charge is 0.453 e. The van der Waals surface area contributed by atoms with Gasteiger partial charge in [0, 0.05) is 42.6 Å². The second-order valence-electron chi connectivity index (χ2n) is 17.8. The van der Waals surface area contributed by atoms with Gasteiger partial charge in [-0.2, -0.15) is 8.78 Å². The lowest BCUT2D eigenvalue weighted by Gasteiger charge is -2.36. The maximum absolute atomic E-state index is 16.7. The number of imidazole rings is 2. The molecular weight excluding hydrogens is 863 g/mol. The molecule has 7 atom stereocenters. The lowest BCUT2D eigenvalue weighted by Crippen LogP contribution is -2.54. The molecule has 4 heterocycles. The van der Waals surface area contributed by atoms with Crippen molar-refractivity contribution >= 4 is 35.0 Å². The van der Waals surface area contributed by atoms with Crippen molar-refractivity contribution in [3.8, 4) is 33.5 Å². The summed E-state index contributed by atoms with van der Waals surface area (Å²) in [7, 11) is 3.94. The fourth-order valence-corrected chi connectivity index (χ4v) is 10.7. The van der Waals surface area contributed by atoms with Gasteiger partial charge in [0.2, 0.25) is 5.91 Å². The smallest absolute Gasteiger partial charge is 0.407 e. The van der Waals surface area contributed by atoms with Gasteiger partial charge in [-0.15, -0.1) is 0 Å². The van der Waals surface area contributed by atoms with Crippen LogP contribution in [-0.2, 0) is 29.7 Å². The van der Waals surface area contributed by atoms with Crippen LogP contribution in [0, 0.1) is 5.92 Å². The van der Waals surface area contributed by atoms with E-state index in [-0.39, 0.29) is 40.9 Å². The highest BCUT2D eigenvalue weighted by atomic mass is 19.3. The minimum atomic E-state index is -3.31. The minimum Gasteiger partial charge on any atom is -0.453 e. The number of carbonyl (C=O) groups is 4. The fourth-order valence-electron chi connectivity index (χ4n) is 10.7. The lowest BCUT2D eigenvalue weighted by atomic mass is 9.96. The first-order chi connectivity index (χ1) is 32.4. The monoisotopic (exact) mass is 912 g/mol. The van der Waals surface area contributed by atoms with Crippen LogP contribution in [0.4, 0.5) is 18.4 Å². The Bertz CT molecular complexity index is 2900. The number of likely N-dealkylation sites (tertiary alicyclic amines) is 2. The molecule has 2 aliphatic carbocycles. The van der Waals surface area contributed by atoms with Crippen molar-refractivity contribution in [3.63, 3.8) is 0 Å². The van der Waals surface area contributed by atoms with Gasteiger partial charge in [-0.3, -0.25) is 9.59 Å². The van der Waals surface area contributed by atoms with Gasteiger partial charge < -0.3 is 44.6 Å². The number of H-pyrrole nitrogens is 2. The van der Waals surface area contributed by atoms with Crippen molar-refractivity contribution < 1.29 is 42.2 Å². The van der Waals surface area contributed by atoms with Crippen LogP contribution in [0.25, 0.3) is 44.5 Å². The third-order valence-electron chi connectivity index (χ3n) is 14.1. The zero-order chi connectivity index (χ0) is 46.7. The van der Waals surface area contributed by atoms with Crippen LogP contribution in [-0.4, -0.2) is 99.8 Å². The summed E-state index contributed by atoms with van der Waals surface area (Å²) in [4.78, 5) is 72.7. The summed E-state index contributed by atoms with van der Waals surface area (Å²) < 4.78 is 48.3. The standard InChI is InChI=1S/C50H50F2N8O7/c1-26(65-2)41(57-48(63)66-3)46(61)59-20-8-11-40(59)44-53-25-39(56-44)30-14-18-34-33-17-13-28(22-35(33)50(51,52)36(34)23-30)29-15-19-37-38(24-29)55-45(54-37)43-31-12-16-32(21-31)60(43)47(62)42(58-49(64)67-4)27-9-6-5-7-10-27/h5-7,9-10,13-15,17-19,22-26,31-32,40-43H,8,11-12,16,20-21H2,1-4H3,(H,53,56)(H,54,55)(H,57,63)(H,58,64)/t26-,31+,32-,40?,41?,42-,43+/m1/s1. The summed E-state index contributed by atoms with van der Waals surface area (Å²) in [6.07, 6.45) is 3.51. The average molecular weight is 913 g/mol. The summed E-state index contributed by atoms with van der Waals surface area (Å²) in [5.41, 5.74) is 4.97. The zero-order valence-electron chi connectivity index (χ0n) is 37.3. The average Bonchev–Trinajstić information content (AvgIpc) is 4.23. The number of hydrogen-bond acceptors (Lipinski definition) is 9. The van der Waals surface area contributed by atoms with Gasteiger partial charge in [0.25, 0.3) is 11.8 Å². The Kier molecular flexibility index (Phi) is 11.3. The van der Waals surface area contributed by atoms with Gasteiger partial charge in [-0.25, -0.2) is 19.6 Å². The van der Waals surface area contributed by atoms with Crippen molar-refractivity contribution in [2.45, 2.75) is 81.3 Å². The minimum absolute atomic E-state index is 0.00925. The molecule has 2 aliphatic heterocycles. The first-order valence-electron chi connectivity index (χ1n) is 22.5. The number of nitrogens with one attached hydrogen (secondary N) is 4. The topological polar surface area (TPSA) is 184 Å². The molecule has 2 unspecified atom stereocenters. The number of rotatable bonds is 11. The third-order valence-corrected chi connectivity index (χ3v) is 14.1. The molecule has 2 aromatic heterocycles. The number of ether oxygens (including phenoxy) is 3.